The second-order valence-electron chi connectivity index (χ2n) is 4.64. The van der Waals surface area contributed by atoms with E-state index < -0.39 is 11.6 Å². The van der Waals surface area contributed by atoms with Gasteiger partial charge in [0.15, 0.2) is 0 Å². The van der Waals surface area contributed by atoms with Crippen LogP contribution in [0.15, 0.2) is 46.9 Å². The van der Waals surface area contributed by atoms with Gasteiger partial charge >= 0.3 is 0 Å². The van der Waals surface area contributed by atoms with E-state index in [1.54, 1.807) is 0 Å². The van der Waals surface area contributed by atoms with Crippen LogP contribution in [0.2, 0.25) is 0 Å². The highest BCUT2D eigenvalue weighted by molar-refractivity contribution is 9.10. The van der Waals surface area contributed by atoms with Crippen molar-refractivity contribution in [3.8, 4) is 0 Å². The molecule has 1 unspecified atom stereocenters. The van der Waals surface area contributed by atoms with Gasteiger partial charge in [-0.05, 0) is 48.4 Å². The zero-order valence-electron chi connectivity index (χ0n) is 11.2. The second-order valence-corrected chi connectivity index (χ2v) is 5.56. The van der Waals surface area contributed by atoms with Crippen molar-refractivity contribution in [1.29, 1.82) is 0 Å². The van der Waals surface area contributed by atoms with Gasteiger partial charge in [-0.3, -0.25) is 0 Å². The summed E-state index contributed by atoms with van der Waals surface area (Å²) in [6.45, 7) is 2.80. The molecule has 1 atom stereocenters. The van der Waals surface area contributed by atoms with E-state index in [0.717, 1.165) is 22.6 Å². The molecule has 1 nitrogen and oxygen atoms in total. The Morgan fingerprint density at radius 1 is 1.05 bits per heavy atom. The molecule has 4 heteroatoms. The number of hydrogen-bond acceptors (Lipinski definition) is 1. The Labute approximate surface area is 126 Å². The minimum Gasteiger partial charge on any atom is -0.310 e. The van der Waals surface area contributed by atoms with Crippen molar-refractivity contribution >= 4 is 15.9 Å². The molecule has 0 amide bonds. The van der Waals surface area contributed by atoms with Crippen molar-refractivity contribution in [3.63, 3.8) is 0 Å². The Morgan fingerprint density at radius 2 is 1.65 bits per heavy atom. The Bertz CT molecular complexity index is 549. The average Bonchev–Trinajstić information content (AvgIpc) is 2.38. The predicted molar refractivity (Wildman–Crippen MR) is 80.6 cm³/mol. The van der Waals surface area contributed by atoms with Gasteiger partial charge in [0.25, 0.3) is 0 Å². The highest BCUT2D eigenvalue weighted by atomic mass is 79.9. The molecule has 0 aliphatic carbocycles. The van der Waals surface area contributed by atoms with E-state index in [1.807, 2.05) is 31.2 Å². The van der Waals surface area contributed by atoms with Crippen LogP contribution in [-0.4, -0.2) is 6.54 Å². The van der Waals surface area contributed by atoms with Crippen molar-refractivity contribution in [2.45, 2.75) is 19.4 Å². The van der Waals surface area contributed by atoms with Gasteiger partial charge in [-0.2, -0.15) is 0 Å². The molecule has 0 fully saturated rings. The van der Waals surface area contributed by atoms with E-state index in [-0.39, 0.29) is 6.04 Å². The highest BCUT2D eigenvalue weighted by Gasteiger charge is 2.12. The molecular weight excluding hydrogens is 324 g/mol. The lowest BCUT2D eigenvalue weighted by Gasteiger charge is -2.19. The fourth-order valence-electron chi connectivity index (χ4n) is 2.21. The van der Waals surface area contributed by atoms with Gasteiger partial charge < -0.3 is 5.32 Å². The molecule has 0 radical (unpaired) electrons. The van der Waals surface area contributed by atoms with Gasteiger partial charge in [-0.25, -0.2) is 8.78 Å². The summed E-state index contributed by atoms with van der Waals surface area (Å²) in [5.74, 6) is -1.07. The number of nitrogens with one attached hydrogen (secondary N) is 1. The third-order valence-corrected chi connectivity index (χ3v) is 3.61. The lowest BCUT2D eigenvalue weighted by molar-refractivity contribution is 0.539. The lowest BCUT2D eigenvalue weighted by Crippen LogP contribution is -2.23. The summed E-state index contributed by atoms with van der Waals surface area (Å²) in [4.78, 5) is 0. The quantitative estimate of drug-likeness (QED) is 0.837. The molecule has 2 aromatic rings. The van der Waals surface area contributed by atoms with Crippen LogP contribution in [0.3, 0.4) is 0 Å². The van der Waals surface area contributed by atoms with Crippen LogP contribution in [0, 0.1) is 11.6 Å². The third-order valence-electron chi connectivity index (χ3n) is 3.09. The smallest absolute Gasteiger partial charge is 0.126 e. The maximum Gasteiger partial charge on any atom is 0.126 e. The lowest BCUT2D eigenvalue weighted by atomic mass is 9.98. The van der Waals surface area contributed by atoms with Crippen LogP contribution in [0.1, 0.15) is 24.1 Å². The fourth-order valence-corrected chi connectivity index (χ4v) is 2.48. The third kappa shape index (κ3) is 4.12. The van der Waals surface area contributed by atoms with Crippen molar-refractivity contribution in [3.05, 3.63) is 69.7 Å². The molecular formula is C16H16BrF2N. The standard InChI is InChI=1S/C16H16BrF2N/c1-2-20-16(12-3-5-13(17)6-4-12)9-11-7-14(18)10-15(19)8-11/h3-8,10,16,20H,2,9H2,1H3. The molecule has 20 heavy (non-hydrogen) atoms. The maximum absolute atomic E-state index is 13.3. The second kappa shape index (κ2) is 6.95. The first-order chi connectivity index (χ1) is 9.58. The van der Waals surface area contributed by atoms with Gasteiger partial charge in [0, 0.05) is 16.6 Å². The minimum atomic E-state index is -0.536. The number of benzene rings is 2. The Hall–Kier alpha value is -1.26. The maximum atomic E-state index is 13.3. The molecule has 0 saturated heterocycles. The number of rotatable bonds is 5. The van der Waals surface area contributed by atoms with Crippen LogP contribution in [0.25, 0.3) is 0 Å². The van der Waals surface area contributed by atoms with Crippen LogP contribution in [0.4, 0.5) is 8.78 Å². The fraction of sp³-hybridized carbons (Fsp3) is 0.250. The average molecular weight is 340 g/mol. The van der Waals surface area contributed by atoms with Gasteiger partial charge in [0.2, 0.25) is 0 Å². The van der Waals surface area contributed by atoms with Gasteiger partial charge in [-0.15, -0.1) is 0 Å². The number of hydrogen-bond donors (Lipinski definition) is 1. The summed E-state index contributed by atoms with van der Waals surface area (Å²) >= 11 is 3.40. The van der Waals surface area contributed by atoms with Gasteiger partial charge in [0.05, 0.1) is 0 Å². The Morgan fingerprint density at radius 3 is 2.20 bits per heavy atom. The van der Waals surface area contributed by atoms with Crippen LogP contribution >= 0.6 is 15.9 Å². The van der Waals surface area contributed by atoms with E-state index >= 15 is 0 Å². The molecule has 2 aromatic carbocycles. The van der Waals surface area contributed by atoms with E-state index in [4.69, 9.17) is 0 Å². The molecule has 0 aliphatic rings. The molecule has 0 aliphatic heterocycles. The van der Waals surface area contributed by atoms with Crippen LogP contribution in [-0.2, 0) is 6.42 Å². The SMILES string of the molecule is CCNC(Cc1cc(F)cc(F)c1)c1ccc(Br)cc1. The van der Waals surface area contributed by atoms with E-state index in [9.17, 15) is 8.78 Å². The van der Waals surface area contributed by atoms with E-state index in [0.29, 0.717) is 12.0 Å². The topological polar surface area (TPSA) is 12.0 Å². The molecule has 0 spiro atoms. The highest BCUT2D eigenvalue weighted by Crippen LogP contribution is 2.21. The normalized spacial score (nSPS) is 12.4. The van der Waals surface area contributed by atoms with Crippen molar-refractivity contribution < 1.29 is 8.78 Å². The molecule has 0 bridgehead atoms. The largest absolute Gasteiger partial charge is 0.310 e. The summed E-state index contributed by atoms with van der Waals surface area (Å²) in [6, 6.07) is 11.6. The summed E-state index contributed by atoms with van der Waals surface area (Å²) in [6.07, 6.45) is 0.546. The summed E-state index contributed by atoms with van der Waals surface area (Å²) in [7, 11) is 0. The van der Waals surface area contributed by atoms with Gasteiger partial charge in [0.1, 0.15) is 11.6 Å². The predicted octanol–water partition coefficient (Wildman–Crippen LogP) is 4.62. The minimum absolute atomic E-state index is 0.0364. The molecule has 2 rings (SSSR count). The first kappa shape index (κ1) is 15.1. The monoisotopic (exact) mass is 339 g/mol. The van der Waals surface area contributed by atoms with Crippen LogP contribution < -0.4 is 5.32 Å². The first-order valence-electron chi connectivity index (χ1n) is 6.52. The molecule has 106 valence electrons. The Kier molecular flexibility index (Phi) is 5.26. The summed E-state index contributed by atoms with van der Waals surface area (Å²) in [5, 5.41) is 3.35. The number of likely N-dealkylation sites (N-methyl/N-ethyl adjacent to an activating group) is 1. The van der Waals surface area contributed by atoms with E-state index in [2.05, 4.69) is 21.2 Å². The Balaban J connectivity index is 2.22. The zero-order valence-corrected chi connectivity index (χ0v) is 12.8. The van der Waals surface area contributed by atoms with Crippen molar-refractivity contribution in [2.75, 3.05) is 6.54 Å². The molecule has 0 heterocycles. The van der Waals surface area contributed by atoms with Crippen molar-refractivity contribution in [1.82, 2.24) is 5.32 Å². The summed E-state index contributed by atoms with van der Waals surface area (Å²) in [5.41, 5.74) is 1.75. The molecule has 0 saturated carbocycles. The number of halogens is 3. The van der Waals surface area contributed by atoms with Crippen molar-refractivity contribution in [2.24, 2.45) is 0 Å². The van der Waals surface area contributed by atoms with E-state index in [1.165, 1.54) is 12.1 Å². The zero-order chi connectivity index (χ0) is 14.5. The molecule has 0 aromatic heterocycles. The summed E-state index contributed by atoms with van der Waals surface area (Å²) < 4.78 is 27.5. The van der Waals surface area contributed by atoms with Gasteiger partial charge in [-0.1, -0.05) is 35.0 Å². The van der Waals surface area contributed by atoms with Crippen LogP contribution in [0.5, 0.6) is 0 Å². The molecule has 1 N–H and O–H groups in total. The first-order valence-corrected chi connectivity index (χ1v) is 7.31.